The number of nitrogens with two attached hydrogens (primary N) is 1. The van der Waals surface area contributed by atoms with Crippen LogP contribution in [0, 0.1) is 0 Å². The summed E-state index contributed by atoms with van der Waals surface area (Å²) in [6.07, 6.45) is 1.09. The average molecular weight is 284 g/mol. The third-order valence-corrected chi connectivity index (χ3v) is 3.37. The summed E-state index contributed by atoms with van der Waals surface area (Å²) in [6.45, 7) is 6.16. The maximum Gasteiger partial charge on any atom is 0.144 e. The van der Waals surface area contributed by atoms with Gasteiger partial charge in [-0.15, -0.1) is 0 Å². The fraction of sp³-hybridized carbons (Fsp3) is 0.333. The van der Waals surface area contributed by atoms with E-state index >= 15 is 0 Å². The van der Waals surface area contributed by atoms with Gasteiger partial charge in [-0.3, -0.25) is 0 Å². The third kappa shape index (κ3) is 3.91. The number of hydrogen-bond donors (Lipinski definition) is 2. The number of ether oxygens (including phenoxy) is 1. The summed E-state index contributed by atoms with van der Waals surface area (Å²) in [7, 11) is 0. The Bertz CT molecular complexity index is 567. The van der Waals surface area contributed by atoms with E-state index in [1.54, 1.807) is 0 Å². The second kappa shape index (κ2) is 7.02. The number of benzene rings is 2. The van der Waals surface area contributed by atoms with Gasteiger partial charge in [-0.1, -0.05) is 43.3 Å². The van der Waals surface area contributed by atoms with Gasteiger partial charge in [0.05, 0.1) is 23.5 Å². The van der Waals surface area contributed by atoms with Crippen LogP contribution in [0.2, 0.25) is 0 Å². The Morgan fingerprint density at radius 3 is 2.38 bits per heavy atom. The zero-order chi connectivity index (χ0) is 15.2. The molecule has 0 spiro atoms. The van der Waals surface area contributed by atoms with Crippen molar-refractivity contribution >= 4 is 11.4 Å². The van der Waals surface area contributed by atoms with Gasteiger partial charge in [0.1, 0.15) is 5.75 Å². The molecule has 0 aliphatic carbocycles. The Morgan fingerprint density at radius 2 is 1.76 bits per heavy atom. The molecular formula is C18H24N2O. The van der Waals surface area contributed by atoms with Crippen molar-refractivity contribution in [1.82, 2.24) is 0 Å². The smallest absolute Gasteiger partial charge is 0.144 e. The molecule has 0 fully saturated rings. The first-order chi connectivity index (χ1) is 10.1. The van der Waals surface area contributed by atoms with E-state index in [-0.39, 0.29) is 12.1 Å². The Hall–Kier alpha value is -2.16. The van der Waals surface area contributed by atoms with E-state index < -0.39 is 0 Å². The van der Waals surface area contributed by atoms with Crippen molar-refractivity contribution in [2.24, 2.45) is 0 Å². The van der Waals surface area contributed by atoms with Crippen LogP contribution in [0.25, 0.3) is 0 Å². The van der Waals surface area contributed by atoms with E-state index in [1.165, 1.54) is 5.56 Å². The molecule has 0 saturated carbocycles. The predicted octanol–water partition coefficient (Wildman–Crippen LogP) is 4.62. The van der Waals surface area contributed by atoms with E-state index in [4.69, 9.17) is 10.5 Å². The maximum atomic E-state index is 6.23. The van der Waals surface area contributed by atoms with Gasteiger partial charge in [0.15, 0.2) is 0 Å². The van der Waals surface area contributed by atoms with E-state index in [2.05, 4.69) is 36.5 Å². The van der Waals surface area contributed by atoms with Gasteiger partial charge in [-0.05, 0) is 38.0 Å². The summed E-state index contributed by atoms with van der Waals surface area (Å²) in [5, 5.41) is 3.52. The molecule has 0 aliphatic heterocycles. The first kappa shape index (κ1) is 15.2. The molecule has 0 amide bonds. The van der Waals surface area contributed by atoms with Crippen LogP contribution in [0.1, 0.15) is 38.8 Å². The highest BCUT2D eigenvalue weighted by Crippen LogP contribution is 2.33. The molecule has 0 aromatic heterocycles. The van der Waals surface area contributed by atoms with Gasteiger partial charge in [0.25, 0.3) is 0 Å². The Morgan fingerprint density at radius 1 is 1.05 bits per heavy atom. The van der Waals surface area contributed by atoms with Crippen molar-refractivity contribution < 1.29 is 4.74 Å². The van der Waals surface area contributed by atoms with Crippen LogP contribution in [0.3, 0.4) is 0 Å². The minimum absolute atomic E-state index is 0.110. The molecule has 3 heteroatoms. The lowest BCUT2D eigenvalue weighted by Crippen LogP contribution is -2.13. The van der Waals surface area contributed by atoms with E-state index in [9.17, 15) is 0 Å². The van der Waals surface area contributed by atoms with Gasteiger partial charge in [-0.2, -0.15) is 0 Å². The van der Waals surface area contributed by atoms with E-state index in [0.717, 1.165) is 17.9 Å². The summed E-state index contributed by atoms with van der Waals surface area (Å²) in [6, 6.07) is 16.5. The van der Waals surface area contributed by atoms with Crippen molar-refractivity contribution in [1.29, 1.82) is 0 Å². The summed E-state index contributed by atoms with van der Waals surface area (Å²) in [5.41, 5.74) is 9.07. The van der Waals surface area contributed by atoms with Crippen molar-refractivity contribution in [2.45, 2.75) is 39.3 Å². The normalized spacial score (nSPS) is 12.2. The lowest BCUT2D eigenvalue weighted by atomic mass is 10.0. The number of rotatable bonds is 6. The SMILES string of the molecule is CCC(Nc1cccc(OC(C)C)c1N)c1ccccc1. The third-order valence-electron chi connectivity index (χ3n) is 3.37. The Balaban J connectivity index is 2.22. The molecule has 3 nitrogen and oxygen atoms in total. The average Bonchev–Trinajstić information content (AvgIpc) is 2.48. The van der Waals surface area contributed by atoms with Crippen LogP contribution in [0.15, 0.2) is 48.5 Å². The summed E-state index contributed by atoms with van der Waals surface area (Å²) < 4.78 is 5.74. The molecule has 112 valence electrons. The van der Waals surface area contributed by atoms with Crippen LogP contribution in [-0.4, -0.2) is 6.10 Å². The van der Waals surface area contributed by atoms with Crippen molar-refractivity contribution in [3.8, 4) is 5.75 Å². The maximum absolute atomic E-state index is 6.23. The van der Waals surface area contributed by atoms with Crippen LogP contribution in [0.5, 0.6) is 5.75 Å². The lowest BCUT2D eigenvalue weighted by molar-refractivity contribution is 0.244. The van der Waals surface area contributed by atoms with Crippen molar-refractivity contribution in [2.75, 3.05) is 11.1 Å². The topological polar surface area (TPSA) is 47.3 Å². The molecule has 21 heavy (non-hydrogen) atoms. The minimum Gasteiger partial charge on any atom is -0.489 e. The largest absolute Gasteiger partial charge is 0.489 e. The first-order valence-corrected chi connectivity index (χ1v) is 7.48. The molecule has 1 atom stereocenters. The minimum atomic E-state index is 0.110. The highest BCUT2D eigenvalue weighted by Gasteiger charge is 2.13. The standard InChI is InChI=1S/C18H24N2O/c1-4-15(14-9-6-5-7-10-14)20-16-11-8-12-17(18(16)19)21-13(2)3/h5-13,15,20H,4,19H2,1-3H3. The molecule has 0 radical (unpaired) electrons. The Labute approximate surface area is 127 Å². The molecule has 0 aliphatic rings. The summed E-state index contributed by atoms with van der Waals surface area (Å²) in [4.78, 5) is 0. The van der Waals surface area contributed by atoms with Crippen LogP contribution in [0.4, 0.5) is 11.4 Å². The number of nitrogen functional groups attached to an aromatic ring is 1. The number of hydrogen-bond acceptors (Lipinski definition) is 3. The second-order valence-electron chi connectivity index (χ2n) is 5.40. The molecule has 2 rings (SSSR count). The Kier molecular flexibility index (Phi) is 5.09. The van der Waals surface area contributed by atoms with Gasteiger partial charge in [0.2, 0.25) is 0 Å². The van der Waals surface area contributed by atoms with Gasteiger partial charge in [0, 0.05) is 0 Å². The lowest BCUT2D eigenvalue weighted by Gasteiger charge is -2.21. The zero-order valence-corrected chi connectivity index (χ0v) is 13.0. The number of nitrogens with one attached hydrogen (secondary N) is 1. The van der Waals surface area contributed by atoms with Crippen LogP contribution in [-0.2, 0) is 0 Å². The van der Waals surface area contributed by atoms with Crippen LogP contribution >= 0.6 is 0 Å². The fourth-order valence-corrected chi connectivity index (χ4v) is 2.32. The quantitative estimate of drug-likeness (QED) is 0.761. The molecular weight excluding hydrogens is 260 g/mol. The molecule has 2 aromatic rings. The van der Waals surface area contributed by atoms with Gasteiger partial charge < -0.3 is 15.8 Å². The second-order valence-corrected chi connectivity index (χ2v) is 5.40. The van der Waals surface area contributed by atoms with Crippen molar-refractivity contribution in [3.05, 3.63) is 54.1 Å². The van der Waals surface area contributed by atoms with Crippen LogP contribution < -0.4 is 15.8 Å². The summed E-state index contributed by atoms with van der Waals surface area (Å²) in [5.74, 6) is 0.734. The fourth-order valence-electron chi connectivity index (χ4n) is 2.32. The van der Waals surface area contributed by atoms with Gasteiger partial charge >= 0.3 is 0 Å². The van der Waals surface area contributed by atoms with Crippen molar-refractivity contribution in [3.63, 3.8) is 0 Å². The zero-order valence-electron chi connectivity index (χ0n) is 13.0. The highest BCUT2D eigenvalue weighted by atomic mass is 16.5. The van der Waals surface area contributed by atoms with E-state index in [1.807, 2.05) is 38.1 Å². The molecule has 2 aromatic carbocycles. The molecule has 3 N–H and O–H groups in total. The highest BCUT2D eigenvalue weighted by molar-refractivity contribution is 5.73. The van der Waals surface area contributed by atoms with Gasteiger partial charge in [-0.25, -0.2) is 0 Å². The molecule has 0 heterocycles. The molecule has 0 saturated heterocycles. The predicted molar refractivity (Wildman–Crippen MR) is 89.7 cm³/mol. The summed E-state index contributed by atoms with van der Waals surface area (Å²) >= 11 is 0. The molecule has 0 bridgehead atoms. The number of para-hydroxylation sites is 1. The monoisotopic (exact) mass is 284 g/mol. The molecule has 1 unspecified atom stereocenters. The van der Waals surface area contributed by atoms with E-state index in [0.29, 0.717) is 5.69 Å². The first-order valence-electron chi connectivity index (χ1n) is 7.48. The number of anilines is 2.